The molecule has 2 aromatic rings. The van der Waals surface area contributed by atoms with Gasteiger partial charge in [-0.25, -0.2) is 4.39 Å². The molecule has 1 heterocycles. The van der Waals surface area contributed by atoms with Gasteiger partial charge in [0.1, 0.15) is 5.75 Å². The van der Waals surface area contributed by atoms with Crippen LogP contribution >= 0.6 is 0 Å². The number of halogens is 1. The highest BCUT2D eigenvalue weighted by atomic mass is 19.1. The minimum Gasteiger partial charge on any atom is -0.495 e. The molecule has 1 atom stereocenters. The van der Waals surface area contributed by atoms with Crippen LogP contribution in [-0.2, 0) is 0 Å². The molecule has 106 valence electrons. The zero-order valence-electron chi connectivity index (χ0n) is 11.7. The zero-order valence-corrected chi connectivity index (χ0v) is 11.7. The van der Waals surface area contributed by atoms with Crippen LogP contribution in [0, 0.1) is 5.82 Å². The normalized spacial score (nSPS) is 12.0. The van der Waals surface area contributed by atoms with Gasteiger partial charge in [0, 0.05) is 6.20 Å². The van der Waals surface area contributed by atoms with Crippen molar-refractivity contribution in [1.82, 2.24) is 10.3 Å². The van der Waals surface area contributed by atoms with Crippen molar-refractivity contribution in [3.63, 3.8) is 0 Å². The van der Waals surface area contributed by atoms with Crippen molar-refractivity contribution in [3.05, 3.63) is 53.6 Å². The molecule has 0 aliphatic rings. The first-order valence-electron chi connectivity index (χ1n) is 6.19. The first-order valence-corrected chi connectivity index (χ1v) is 6.19. The van der Waals surface area contributed by atoms with Gasteiger partial charge in [-0.3, -0.25) is 4.98 Å². The van der Waals surface area contributed by atoms with E-state index in [9.17, 15) is 4.39 Å². The summed E-state index contributed by atoms with van der Waals surface area (Å²) >= 11 is 0. The molecule has 0 fully saturated rings. The summed E-state index contributed by atoms with van der Waals surface area (Å²) in [7, 11) is 4.87. The maximum Gasteiger partial charge on any atom is 0.165 e. The molecule has 4 nitrogen and oxygen atoms in total. The van der Waals surface area contributed by atoms with E-state index in [4.69, 9.17) is 9.47 Å². The lowest BCUT2D eigenvalue weighted by Gasteiger charge is -2.18. The summed E-state index contributed by atoms with van der Waals surface area (Å²) in [6.45, 7) is 0. The molecule has 5 heteroatoms. The van der Waals surface area contributed by atoms with E-state index in [2.05, 4.69) is 10.3 Å². The number of nitrogens with one attached hydrogen (secondary N) is 1. The number of rotatable bonds is 5. The Bertz CT molecular complexity index is 590. The van der Waals surface area contributed by atoms with Crippen molar-refractivity contribution in [2.75, 3.05) is 21.3 Å². The van der Waals surface area contributed by atoms with E-state index < -0.39 is 0 Å². The van der Waals surface area contributed by atoms with Crippen LogP contribution in [0.3, 0.4) is 0 Å². The molecule has 1 N–H and O–H groups in total. The van der Waals surface area contributed by atoms with Gasteiger partial charge in [-0.2, -0.15) is 0 Å². The standard InChI is InChI=1S/C15H17FN2O2/c1-17-15(11-6-12(19-2)9-18-8-11)10-4-5-13(16)14(7-10)20-3/h4-9,15,17H,1-3H3. The predicted molar refractivity (Wildman–Crippen MR) is 74.6 cm³/mol. The van der Waals surface area contributed by atoms with E-state index in [0.717, 1.165) is 11.1 Å². The third-order valence-electron chi connectivity index (χ3n) is 3.10. The van der Waals surface area contributed by atoms with E-state index >= 15 is 0 Å². The Hall–Kier alpha value is -2.14. The van der Waals surface area contributed by atoms with Crippen molar-refractivity contribution >= 4 is 0 Å². The van der Waals surface area contributed by atoms with Gasteiger partial charge in [0.15, 0.2) is 11.6 Å². The Morgan fingerprint density at radius 3 is 2.55 bits per heavy atom. The second-order valence-corrected chi connectivity index (χ2v) is 4.27. The lowest BCUT2D eigenvalue weighted by molar-refractivity contribution is 0.385. The van der Waals surface area contributed by atoms with Crippen LogP contribution in [0.4, 0.5) is 4.39 Å². The fraction of sp³-hybridized carbons (Fsp3) is 0.267. The van der Waals surface area contributed by atoms with Gasteiger partial charge >= 0.3 is 0 Å². The molecule has 0 spiro atoms. The number of hydrogen-bond acceptors (Lipinski definition) is 4. The van der Waals surface area contributed by atoms with Crippen LogP contribution in [0.15, 0.2) is 36.7 Å². The number of hydrogen-bond donors (Lipinski definition) is 1. The second-order valence-electron chi connectivity index (χ2n) is 4.27. The Morgan fingerprint density at radius 2 is 1.90 bits per heavy atom. The maximum atomic E-state index is 13.5. The summed E-state index contributed by atoms with van der Waals surface area (Å²) in [5.74, 6) is 0.519. The number of aromatic nitrogens is 1. The lowest BCUT2D eigenvalue weighted by Crippen LogP contribution is -2.18. The van der Waals surface area contributed by atoms with Gasteiger partial charge in [0.25, 0.3) is 0 Å². The van der Waals surface area contributed by atoms with Gasteiger partial charge in [-0.1, -0.05) is 6.07 Å². The van der Waals surface area contributed by atoms with Crippen molar-refractivity contribution in [2.24, 2.45) is 0 Å². The van der Waals surface area contributed by atoms with Gasteiger partial charge in [-0.15, -0.1) is 0 Å². The Balaban J connectivity index is 2.41. The first kappa shape index (κ1) is 14.3. The van der Waals surface area contributed by atoms with Crippen LogP contribution in [0.1, 0.15) is 17.2 Å². The minimum absolute atomic E-state index is 0.118. The monoisotopic (exact) mass is 276 g/mol. The summed E-state index contributed by atoms with van der Waals surface area (Å²) in [6.07, 6.45) is 3.39. The summed E-state index contributed by atoms with van der Waals surface area (Å²) in [6, 6.07) is 6.57. The van der Waals surface area contributed by atoms with Crippen molar-refractivity contribution < 1.29 is 13.9 Å². The molecule has 1 aromatic heterocycles. The van der Waals surface area contributed by atoms with Crippen molar-refractivity contribution in [3.8, 4) is 11.5 Å². The van der Waals surface area contributed by atoms with E-state index in [1.165, 1.54) is 13.2 Å². The molecule has 0 saturated carbocycles. The fourth-order valence-electron chi connectivity index (χ4n) is 2.09. The molecular formula is C15H17FN2O2. The summed E-state index contributed by atoms with van der Waals surface area (Å²) in [4.78, 5) is 4.14. The third kappa shape index (κ3) is 2.88. The van der Waals surface area contributed by atoms with Crippen molar-refractivity contribution in [1.29, 1.82) is 0 Å². The van der Waals surface area contributed by atoms with E-state index in [-0.39, 0.29) is 17.6 Å². The molecule has 0 aliphatic heterocycles. The third-order valence-corrected chi connectivity index (χ3v) is 3.10. The SMILES string of the molecule is CNC(c1cncc(OC)c1)c1ccc(F)c(OC)c1. The molecule has 0 radical (unpaired) electrons. The predicted octanol–water partition coefficient (Wildman–Crippen LogP) is 2.55. The average Bonchev–Trinajstić information content (AvgIpc) is 2.50. The number of methoxy groups -OCH3 is 2. The van der Waals surface area contributed by atoms with Gasteiger partial charge in [0.05, 0.1) is 26.5 Å². The molecule has 0 bridgehead atoms. The molecule has 2 rings (SSSR count). The van der Waals surface area contributed by atoms with E-state index in [0.29, 0.717) is 5.75 Å². The minimum atomic E-state index is -0.380. The smallest absolute Gasteiger partial charge is 0.165 e. The topological polar surface area (TPSA) is 43.4 Å². The van der Waals surface area contributed by atoms with Crippen LogP contribution in [0.25, 0.3) is 0 Å². The number of benzene rings is 1. The zero-order chi connectivity index (χ0) is 14.5. The molecule has 1 aromatic carbocycles. The lowest BCUT2D eigenvalue weighted by atomic mass is 10.00. The van der Waals surface area contributed by atoms with Crippen molar-refractivity contribution in [2.45, 2.75) is 6.04 Å². The summed E-state index contributed by atoms with van der Waals surface area (Å²) in [5.41, 5.74) is 1.82. The Morgan fingerprint density at radius 1 is 1.10 bits per heavy atom. The average molecular weight is 276 g/mol. The largest absolute Gasteiger partial charge is 0.495 e. The van der Waals surface area contributed by atoms with E-state index in [1.54, 1.807) is 31.6 Å². The number of pyridine rings is 1. The van der Waals surface area contributed by atoms with Gasteiger partial charge < -0.3 is 14.8 Å². The molecular weight excluding hydrogens is 259 g/mol. The van der Waals surface area contributed by atoms with Crippen LogP contribution < -0.4 is 14.8 Å². The summed E-state index contributed by atoms with van der Waals surface area (Å²) in [5, 5.41) is 3.18. The maximum absolute atomic E-state index is 13.5. The van der Waals surface area contributed by atoms with Crippen LogP contribution in [0.5, 0.6) is 11.5 Å². The molecule has 0 amide bonds. The highest BCUT2D eigenvalue weighted by molar-refractivity contribution is 5.38. The second kappa shape index (κ2) is 6.34. The van der Waals surface area contributed by atoms with Gasteiger partial charge in [0.2, 0.25) is 0 Å². The number of ether oxygens (including phenoxy) is 2. The molecule has 1 unspecified atom stereocenters. The first-order chi connectivity index (χ1) is 9.69. The number of nitrogens with zero attached hydrogens (tertiary/aromatic N) is 1. The quantitative estimate of drug-likeness (QED) is 0.911. The molecule has 0 saturated heterocycles. The Labute approximate surface area is 117 Å². The highest BCUT2D eigenvalue weighted by Crippen LogP contribution is 2.28. The van der Waals surface area contributed by atoms with E-state index in [1.807, 2.05) is 13.1 Å². The van der Waals surface area contributed by atoms with Gasteiger partial charge in [-0.05, 0) is 36.4 Å². The molecule has 0 aliphatic carbocycles. The Kier molecular flexibility index (Phi) is 4.53. The molecule has 20 heavy (non-hydrogen) atoms. The van der Waals surface area contributed by atoms with Crippen LogP contribution in [0.2, 0.25) is 0 Å². The highest BCUT2D eigenvalue weighted by Gasteiger charge is 2.15. The van der Waals surface area contributed by atoms with Crippen LogP contribution in [-0.4, -0.2) is 26.3 Å². The fourth-order valence-corrected chi connectivity index (χ4v) is 2.09. The summed E-state index contributed by atoms with van der Waals surface area (Å²) < 4.78 is 23.7.